The summed E-state index contributed by atoms with van der Waals surface area (Å²) in [5.41, 5.74) is 2.37. The summed E-state index contributed by atoms with van der Waals surface area (Å²) in [6, 6.07) is 10.2. The number of likely N-dealkylation sites (tertiary alicyclic amines) is 1. The highest BCUT2D eigenvalue weighted by molar-refractivity contribution is 7.12. The third-order valence-corrected chi connectivity index (χ3v) is 5.18. The molecule has 1 aliphatic rings. The lowest BCUT2D eigenvalue weighted by molar-refractivity contribution is 0.0797. The van der Waals surface area contributed by atoms with Crippen LogP contribution in [0.1, 0.15) is 53.4 Å². The van der Waals surface area contributed by atoms with Gasteiger partial charge in [0.05, 0.1) is 4.88 Å². The van der Waals surface area contributed by atoms with Crippen molar-refractivity contribution >= 4 is 17.2 Å². The molecule has 23 heavy (non-hydrogen) atoms. The summed E-state index contributed by atoms with van der Waals surface area (Å²) in [5, 5.41) is 2.02. The van der Waals surface area contributed by atoms with Gasteiger partial charge in [-0.05, 0) is 47.9 Å². The topological polar surface area (TPSA) is 29.5 Å². The molecule has 0 spiro atoms. The molecule has 0 radical (unpaired) electrons. The van der Waals surface area contributed by atoms with E-state index in [2.05, 4.69) is 26.0 Å². The van der Waals surface area contributed by atoms with E-state index in [-0.39, 0.29) is 5.91 Å². The van der Waals surface area contributed by atoms with Crippen LogP contribution < -0.4 is 4.74 Å². The molecule has 1 saturated heterocycles. The number of hydrogen-bond acceptors (Lipinski definition) is 3. The molecule has 2 heterocycles. The van der Waals surface area contributed by atoms with Crippen LogP contribution in [0.3, 0.4) is 0 Å². The smallest absolute Gasteiger partial charge is 0.263 e. The fourth-order valence-electron chi connectivity index (χ4n) is 2.76. The molecule has 3 rings (SSSR count). The van der Waals surface area contributed by atoms with Gasteiger partial charge in [-0.25, -0.2) is 0 Å². The third kappa shape index (κ3) is 3.94. The number of thiophene rings is 1. The zero-order valence-electron chi connectivity index (χ0n) is 13.7. The van der Waals surface area contributed by atoms with Gasteiger partial charge in [-0.2, -0.15) is 0 Å². The molecule has 0 saturated carbocycles. The van der Waals surface area contributed by atoms with Gasteiger partial charge in [0.15, 0.2) is 0 Å². The average molecular weight is 329 g/mol. The summed E-state index contributed by atoms with van der Waals surface area (Å²) >= 11 is 1.51. The zero-order chi connectivity index (χ0) is 16.2. The lowest BCUT2D eigenvalue weighted by Gasteiger charge is -2.13. The second-order valence-corrected chi connectivity index (χ2v) is 7.24. The molecule has 1 aliphatic heterocycles. The van der Waals surface area contributed by atoms with E-state index < -0.39 is 0 Å². The number of benzene rings is 1. The maximum Gasteiger partial charge on any atom is 0.263 e. The molecule has 1 fully saturated rings. The Morgan fingerprint density at radius 1 is 1.22 bits per heavy atom. The number of carbonyl (C=O) groups is 1. The van der Waals surface area contributed by atoms with Gasteiger partial charge in [0.1, 0.15) is 12.4 Å². The second kappa shape index (κ2) is 7.18. The van der Waals surface area contributed by atoms with Crippen molar-refractivity contribution in [2.24, 2.45) is 0 Å². The monoisotopic (exact) mass is 329 g/mol. The molecular formula is C19H23NO2S. The Kier molecular flexibility index (Phi) is 5.01. The first kappa shape index (κ1) is 16.1. The van der Waals surface area contributed by atoms with Crippen LogP contribution in [0.5, 0.6) is 5.75 Å². The van der Waals surface area contributed by atoms with Crippen molar-refractivity contribution in [3.05, 3.63) is 51.7 Å². The minimum atomic E-state index is 0.167. The van der Waals surface area contributed by atoms with E-state index in [9.17, 15) is 4.79 Å². The minimum absolute atomic E-state index is 0.167. The largest absolute Gasteiger partial charge is 0.489 e. The standard InChI is InChI=1S/C19H23NO2S/c1-14(2)16-5-7-17(8-6-16)22-12-15-11-18(23-13-15)19(21)20-9-3-4-10-20/h5-8,11,13-14H,3-4,9-10,12H2,1-2H3. The SMILES string of the molecule is CC(C)c1ccc(OCc2csc(C(=O)N3CCCC3)c2)cc1. The molecule has 0 unspecified atom stereocenters. The first-order valence-corrected chi connectivity index (χ1v) is 9.11. The van der Waals surface area contributed by atoms with E-state index in [1.165, 1.54) is 16.9 Å². The van der Waals surface area contributed by atoms with Gasteiger partial charge < -0.3 is 9.64 Å². The number of nitrogens with zero attached hydrogens (tertiary/aromatic N) is 1. The summed E-state index contributed by atoms with van der Waals surface area (Å²) in [5.74, 6) is 1.56. The summed E-state index contributed by atoms with van der Waals surface area (Å²) in [4.78, 5) is 15.1. The average Bonchev–Trinajstić information content (AvgIpc) is 3.24. The molecule has 0 atom stereocenters. The highest BCUT2D eigenvalue weighted by Crippen LogP contribution is 2.22. The third-order valence-electron chi connectivity index (χ3n) is 4.21. The fourth-order valence-corrected chi connectivity index (χ4v) is 3.62. The van der Waals surface area contributed by atoms with Crippen LogP contribution in [0, 0.1) is 0 Å². The van der Waals surface area contributed by atoms with Crippen LogP contribution in [-0.4, -0.2) is 23.9 Å². The van der Waals surface area contributed by atoms with Crippen molar-refractivity contribution in [1.82, 2.24) is 4.90 Å². The number of ether oxygens (including phenoxy) is 1. The van der Waals surface area contributed by atoms with E-state index in [0.717, 1.165) is 42.1 Å². The highest BCUT2D eigenvalue weighted by atomic mass is 32.1. The molecule has 2 aromatic rings. The summed E-state index contributed by atoms with van der Waals surface area (Å²) < 4.78 is 5.83. The first-order chi connectivity index (χ1) is 11.1. The lowest BCUT2D eigenvalue weighted by Crippen LogP contribution is -2.26. The van der Waals surface area contributed by atoms with Gasteiger partial charge >= 0.3 is 0 Å². The van der Waals surface area contributed by atoms with Crippen molar-refractivity contribution < 1.29 is 9.53 Å². The summed E-state index contributed by atoms with van der Waals surface area (Å²) in [6.45, 7) is 6.65. The Bertz CT molecular complexity index is 654. The van der Waals surface area contributed by atoms with E-state index in [4.69, 9.17) is 4.74 Å². The van der Waals surface area contributed by atoms with Gasteiger partial charge in [0.2, 0.25) is 0 Å². The molecular weight excluding hydrogens is 306 g/mol. The number of carbonyl (C=O) groups excluding carboxylic acids is 1. The quantitative estimate of drug-likeness (QED) is 0.796. The van der Waals surface area contributed by atoms with E-state index >= 15 is 0 Å². The predicted molar refractivity (Wildman–Crippen MR) is 94.3 cm³/mol. The Labute approximate surface area is 141 Å². The van der Waals surface area contributed by atoms with E-state index in [1.807, 2.05) is 28.5 Å². The van der Waals surface area contributed by atoms with Crippen LogP contribution >= 0.6 is 11.3 Å². The molecule has 3 nitrogen and oxygen atoms in total. The zero-order valence-corrected chi connectivity index (χ0v) is 14.6. The van der Waals surface area contributed by atoms with Gasteiger partial charge in [-0.1, -0.05) is 26.0 Å². The van der Waals surface area contributed by atoms with Gasteiger partial charge in [0, 0.05) is 18.7 Å². The fraction of sp³-hybridized carbons (Fsp3) is 0.421. The maximum absolute atomic E-state index is 12.3. The van der Waals surface area contributed by atoms with Gasteiger partial charge in [-0.3, -0.25) is 4.79 Å². The molecule has 0 aliphatic carbocycles. The molecule has 0 bridgehead atoms. The lowest BCUT2D eigenvalue weighted by atomic mass is 10.0. The van der Waals surface area contributed by atoms with Gasteiger partial charge in [0.25, 0.3) is 5.91 Å². The molecule has 1 amide bonds. The Hall–Kier alpha value is -1.81. The molecule has 122 valence electrons. The molecule has 1 aromatic heterocycles. The van der Waals surface area contributed by atoms with Crippen molar-refractivity contribution in [3.63, 3.8) is 0 Å². The van der Waals surface area contributed by atoms with Crippen LogP contribution in [0.15, 0.2) is 35.7 Å². The Morgan fingerprint density at radius 3 is 2.57 bits per heavy atom. The summed E-state index contributed by atoms with van der Waals surface area (Å²) in [6.07, 6.45) is 2.25. The van der Waals surface area contributed by atoms with Crippen molar-refractivity contribution in [1.29, 1.82) is 0 Å². The van der Waals surface area contributed by atoms with Crippen molar-refractivity contribution in [3.8, 4) is 5.75 Å². The van der Waals surface area contributed by atoms with Crippen molar-refractivity contribution in [2.75, 3.05) is 13.1 Å². The molecule has 1 aromatic carbocycles. The summed E-state index contributed by atoms with van der Waals surface area (Å²) in [7, 11) is 0. The maximum atomic E-state index is 12.3. The van der Waals surface area contributed by atoms with Crippen LogP contribution in [0.4, 0.5) is 0 Å². The Balaban J connectivity index is 1.57. The second-order valence-electron chi connectivity index (χ2n) is 6.33. The number of rotatable bonds is 5. The van der Waals surface area contributed by atoms with Crippen LogP contribution in [0.2, 0.25) is 0 Å². The van der Waals surface area contributed by atoms with Gasteiger partial charge in [-0.15, -0.1) is 11.3 Å². The Morgan fingerprint density at radius 2 is 1.91 bits per heavy atom. The predicted octanol–water partition coefficient (Wildman–Crippen LogP) is 4.69. The first-order valence-electron chi connectivity index (χ1n) is 8.23. The van der Waals surface area contributed by atoms with Crippen molar-refractivity contribution in [2.45, 2.75) is 39.2 Å². The van der Waals surface area contributed by atoms with E-state index in [1.54, 1.807) is 0 Å². The normalized spacial score (nSPS) is 14.5. The minimum Gasteiger partial charge on any atom is -0.489 e. The van der Waals surface area contributed by atoms with Crippen LogP contribution in [-0.2, 0) is 6.61 Å². The molecule has 4 heteroatoms. The van der Waals surface area contributed by atoms with E-state index in [0.29, 0.717) is 12.5 Å². The highest BCUT2D eigenvalue weighted by Gasteiger charge is 2.20. The number of amides is 1. The molecule has 0 N–H and O–H groups in total. The van der Waals surface area contributed by atoms with Crippen LogP contribution in [0.25, 0.3) is 0 Å². The number of hydrogen-bond donors (Lipinski definition) is 0.